The third kappa shape index (κ3) is 2.45. The average Bonchev–Trinajstić information content (AvgIpc) is 2.38. The average molecular weight is 246 g/mol. The fourth-order valence-corrected chi connectivity index (χ4v) is 1.79. The number of Topliss-reactive ketones (excluding diaryl/α,β-unsaturated/α-hetero) is 1. The first-order chi connectivity index (χ1) is 8.61. The number of halogens is 2. The Labute approximate surface area is 104 Å². The van der Waals surface area contributed by atoms with Gasteiger partial charge in [-0.2, -0.15) is 0 Å². The molecule has 0 aliphatic carbocycles. The molecule has 2 rings (SSSR count). The van der Waals surface area contributed by atoms with Crippen molar-refractivity contribution < 1.29 is 13.6 Å². The van der Waals surface area contributed by atoms with E-state index >= 15 is 0 Å². The van der Waals surface area contributed by atoms with Gasteiger partial charge >= 0.3 is 0 Å². The highest BCUT2D eigenvalue weighted by atomic mass is 19.1. The van der Waals surface area contributed by atoms with Gasteiger partial charge in [0, 0.05) is 23.6 Å². The lowest BCUT2D eigenvalue weighted by molar-refractivity contribution is 0.0988. The van der Waals surface area contributed by atoms with Crippen LogP contribution in [0.5, 0.6) is 0 Å². The summed E-state index contributed by atoms with van der Waals surface area (Å²) in [6.07, 6.45) is 0.398. The van der Waals surface area contributed by atoms with Crippen LogP contribution in [0.1, 0.15) is 23.7 Å². The Morgan fingerprint density at radius 3 is 2.56 bits per heavy atom. The second-order valence-corrected chi connectivity index (χ2v) is 3.98. The van der Waals surface area contributed by atoms with Crippen molar-refractivity contribution >= 4 is 5.78 Å². The third-order valence-corrected chi connectivity index (χ3v) is 2.75. The van der Waals surface area contributed by atoms with Crippen molar-refractivity contribution in [3.63, 3.8) is 0 Å². The molecule has 0 radical (unpaired) electrons. The quantitative estimate of drug-likeness (QED) is 0.741. The standard InChI is InChI=1S/C15H12F2O/c1-2-15(18)11-5-3-4-10(8-11)13-7-6-12(16)9-14(13)17/h3-9H,2H2,1H3. The maximum Gasteiger partial charge on any atom is 0.162 e. The number of rotatable bonds is 3. The zero-order valence-electron chi connectivity index (χ0n) is 9.91. The molecule has 0 unspecified atom stereocenters. The minimum atomic E-state index is -0.629. The molecule has 0 atom stereocenters. The summed E-state index contributed by atoms with van der Waals surface area (Å²) in [5.74, 6) is -1.24. The highest BCUT2D eigenvalue weighted by Crippen LogP contribution is 2.24. The Balaban J connectivity index is 2.48. The molecular formula is C15H12F2O. The van der Waals surface area contributed by atoms with Crippen LogP contribution >= 0.6 is 0 Å². The van der Waals surface area contributed by atoms with Gasteiger partial charge in [-0.15, -0.1) is 0 Å². The molecule has 0 N–H and O–H groups in total. The van der Waals surface area contributed by atoms with E-state index in [1.165, 1.54) is 12.1 Å². The van der Waals surface area contributed by atoms with E-state index < -0.39 is 11.6 Å². The Bertz CT molecular complexity index is 591. The Morgan fingerprint density at radius 1 is 1.11 bits per heavy atom. The summed E-state index contributed by atoms with van der Waals surface area (Å²) in [4.78, 5) is 11.6. The zero-order chi connectivity index (χ0) is 13.1. The fraction of sp³-hybridized carbons (Fsp3) is 0.133. The van der Waals surface area contributed by atoms with E-state index in [2.05, 4.69) is 0 Å². The monoisotopic (exact) mass is 246 g/mol. The molecule has 0 heterocycles. The van der Waals surface area contributed by atoms with Crippen LogP contribution in [-0.4, -0.2) is 5.78 Å². The first-order valence-electron chi connectivity index (χ1n) is 5.70. The van der Waals surface area contributed by atoms with Gasteiger partial charge in [-0.05, 0) is 23.8 Å². The van der Waals surface area contributed by atoms with Crippen LogP contribution in [0.25, 0.3) is 11.1 Å². The molecular weight excluding hydrogens is 234 g/mol. The second-order valence-electron chi connectivity index (χ2n) is 3.98. The maximum atomic E-state index is 13.6. The van der Waals surface area contributed by atoms with Crippen LogP contribution in [0.4, 0.5) is 8.78 Å². The molecule has 0 spiro atoms. The molecule has 0 aliphatic heterocycles. The van der Waals surface area contributed by atoms with Crippen LogP contribution in [0.3, 0.4) is 0 Å². The molecule has 0 aliphatic rings. The summed E-state index contributed by atoms with van der Waals surface area (Å²) < 4.78 is 26.5. The first kappa shape index (κ1) is 12.4. The van der Waals surface area contributed by atoms with E-state index in [1.54, 1.807) is 31.2 Å². The first-order valence-corrected chi connectivity index (χ1v) is 5.70. The lowest BCUT2D eigenvalue weighted by atomic mass is 10.00. The normalized spacial score (nSPS) is 10.4. The van der Waals surface area contributed by atoms with Gasteiger partial charge in [0.1, 0.15) is 11.6 Å². The van der Waals surface area contributed by atoms with Gasteiger partial charge in [-0.3, -0.25) is 4.79 Å². The van der Waals surface area contributed by atoms with Crippen LogP contribution in [0, 0.1) is 11.6 Å². The van der Waals surface area contributed by atoms with Crippen molar-refractivity contribution in [1.29, 1.82) is 0 Å². The van der Waals surface area contributed by atoms with Crippen molar-refractivity contribution in [2.45, 2.75) is 13.3 Å². The molecule has 0 saturated heterocycles. The van der Waals surface area contributed by atoms with Crippen molar-refractivity contribution in [2.75, 3.05) is 0 Å². The minimum absolute atomic E-state index is 0.000583. The SMILES string of the molecule is CCC(=O)c1cccc(-c2ccc(F)cc2F)c1. The molecule has 0 aromatic heterocycles. The Morgan fingerprint density at radius 2 is 1.89 bits per heavy atom. The molecule has 0 saturated carbocycles. The summed E-state index contributed by atoms with van der Waals surface area (Å²) in [6, 6.07) is 10.1. The summed E-state index contributed by atoms with van der Waals surface area (Å²) in [5, 5.41) is 0. The fourth-order valence-electron chi connectivity index (χ4n) is 1.79. The van der Waals surface area contributed by atoms with Gasteiger partial charge in [-0.1, -0.05) is 25.1 Å². The highest BCUT2D eigenvalue weighted by molar-refractivity contribution is 5.97. The predicted octanol–water partition coefficient (Wildman–Crippen LogP) is 4.22. The smallest absolute Gasteiger partial charge is 0.162 e. The van der Waals surface area contributed by atoms with Crippen LogP contribution in [-0.2, 0) is 0 Å². The topological polar surface area (TPSA) is 17.1 Å². The van der Waals surface area contributed by atoms with E-state index in [0.29, 0.717) is 23.1 Å². The lowest BCUT2D eigenvalue weighted by Gasteiger charge is -2.05. The molecule has 0 amide bonds. The van der Waals surface area contributed by atoms with Gasteiger partial charge in [0.15, 0.2) is 5.78 Å². The Kier molecular flexibility index (Phi) is 3.51. The summed E-state index contributed by atoms with van der Waals surface area (Å²) >= 11 is 0. The molecule has 18 heavy (non-hydrogen) atoms. The van der Waals surface area contributed by atoms with Gasteiger partial charge < -0.3 is 0 Å². The largest absolute Gasteiger partial charge is 0.294 e. The van der Waals surface area contributed by atoms with Crippen molar-refractivity contribution in [1.82, 2.24) is 0 Å². The van der Waals surface area contributed by atoms with Gasteiger partial charge in [0.2, 0.25) is 0 Å². The van der Waals surface area contributed by atoms with Crippen molar-refractivity contribution in [2.24, 2.45) is 0 Å². The molecule has 1 nitrogen and oxygen atoms in total. The minimum Gasteiger partial charge on any atom is -0.294 e. The molecule has 0 bridgehead atoms. The third-order valence-electron chi connectivity index (χ3n) is 2.75. The van der Waals surface area contributed by atoms with Crippen molar-refractivity contribution in [3.8, 4) is 11.1 Å². The molecule has 2 aromatic rings. The van der Waals surface area contributed by atoms with E-state index in [0.717, 1.165) is 6.07 Å². The van der Waals surface area contributed by atoms with Crippen molar-refractivity contribution in [3.05, 3.63) is 59.7 Å². The van der Waals surface area contributed by atoms with E-state index in [9.17, 15) is 13.6 Å². The lowest BCUT2D eigenvalue weighted by Crippen LogP contribution is -1.96. The Hall–Kier alpha value is -2.03. The summed E-state index contributed by atoms with van der Waals surface area (Å²) in [5.41, 5.74) is 1.41. The van der Waals surface area contributed by atoms with Gasteiger partial charge in [0.25, 0.3) is 0 Å². The number of benzene rings is 2. The van der Waals surface area contributed by atoms with Crippen LogP contribution < -0.4 is 0 Å². The van der Waals surface area contributed by atoms with Gasteiger partial charge in [-0.25, -0.2) is 8.78 Å². The maximum absolute atomic E-state index is 13.6. The van der Waals surface area contributed by atoms with Gasteiger partial charge in [0.05, 0.1) is 0 Å². The van der Waals surface area contributed by atoms with Crippen LogP contribution in [0.15, 0.2) is 42.5 Å². The van der Waals surface area contributed by atoms with Crippen LogP contribution in [0.2, 0.25) is 0 Å². The van der Waals surface area contributed by atoms with E-state index in [1.807, 2.05) is 0 Å². The molecule has 0 fully saturated rings. The molecule has 3 heteroatoms. The number of ketones is 1. The molecule has 2 aromatic carbocycles. The number of carbonyl (C=O) groups excluding carboxylic acids is 1. The zero-order valence-corrected chi connectivity index (χ0v) is 9.91. The number of hydrogen-bond acceptors (Lipinski definition) is 1. The van der Waals surface area contributed by atoms with E-state index in [4.69, 9.17) is 0 Å². The second kappa shape index (κ2) is 5.08. The predicted molar refractivity (Wildman–Crippen MR) is 66.4 cm³/mol. The number of hydrogen-bond donors (Lipinski definition) is 0. The highest BCUT2D eigenvalue weighted by Gasteiger charge is 2.09. The molecule has 92 valence electrons. The summed E-state index contributed by atoms with van der Waals surface area (Å²) in [6.45, 7) is 1.77. The summed E-state index contributed by atoms with van der Waals surface area (Å²) in [7, 11) is 0. The number of carbonyl (C=O) groups is 1. The van der Waals surface area contributed by atoms with E-state index in [-0.39, 0.29) is 5.78 Å².